The van der Waals surface area contributed by atoms with Gasteiger partial charge in [0, 0.05) is 18.1 Å². The minimum absolute atomic E-state index is 0.0720. The predicted octanol–water partition coefficient (Wildman–Crippen LogP) is 0.343. The van der Waals surface area contributed by atoms with Crippen molar-refractivity contribution in [1.82, 2.24) is 0 Å². The van der Waals surface area contributed by atoms with E-state index in [4.69, 9.17) is 5.73 Å². The van der Waals surface area contributed by atoms with Gasteiger partial charge in [0.05, 0.1) is 12.0 Å². The van der Waals surface area contributed by atoms with Crippen molar-refractivity contribution in [3.05, 3.63) is 33.9 Å². The van der Waals surface area contributed by atoms with Crippen LogP contribution in [0.5, 0.6) is 5.75 Å². The van der Waals surface area contributed by atoms with Gasteiger partial charge in [0.1, 0.15) is 11.8 Å². The summed E-state index contributed by atoms with van der Waals surface area (Å²) >= 11 is 0. The van der Waals surface area contributed by atoms with E-state index in [0.717, 1.165) is 6.07 Å². The maximum Gasteiger partial charge on any atom is 0.322 e. The van der Waals surface area contributed by atoms with Gasteiger partial charge in [-0.3, -0.25) is 14.9 Å². The molecule has 1 aromatic carbocycles. The van der Waals surface area contributed by atoms with Gasteiger partial charge in [-0.05, 0) is 12.1 Å². The van der Waals surface area contributed by atoms with Crippen LogP contribution in [-0.4, -0.2) is 29.2 Å². The SMILES string of the molecule is COC(=O)C(N)Cc1cc(O)ccc1[N+](=O)[O-]. The van der Waals surface area contributed by atoms with E-state index in [9.17, 15) is 20.0 Å². The molecule has 0 amide bonds. The standard InChI is InChI=1S/C10H12N2O5/c1-17-10(14)8(11)5-6-4-7(13)2-3-9(6)12(15)16/h2-4,8,13H,5,11H2,1H3. The van der Waals surface area contributed by atoms with E-state index < -0.39 is 16.9 Å². The Labute approximate surface area is 97.0 Å². The van der Waals surface area contributed by atoms with Crippen LogP contribution in [0.4, 0.5) is 5.69 Å². The van der Waals surface area contributed by atoms with Crippen molar-refractivity contribution in [3.63, 3.8) is 0 Å². The Bertz CT molecular complexity index is 446. The second-order valence-electron chi connectivity index (χ2n) is 3.40. The number of ether oxygens (including phenoxy) is 1. The van der Waals surface area contributed by atoms with E-state index in [1.807, 2.05) is 0 Å². The van der Waals surface area contributed by atoms with Crippen molar-refractivity contribution in [2.45, 2.75) is 12.5 Å². The lowest BCUT2D eigenvalue weighted by atomic mass is 10.0. The van der Waals surface area contributed by atoms with Crippen molar-refractivity contribution in [2.24, 2.45) is 5.73 Å². The van der Waals surface area contributed by atoms with Crippen LogP contribution in [0.25, 0.3) is 0 Å². The number of nitrogens with two attached hydrogens (primary N) is 1. The molecule has 0 saturated carbocycles. The molecular weight excluding hydrogens is 228 g/mol. The van der Waals surface area contributed by atoms with Gasteiger partial charge in [0.2, 0.25) is 0 Å². The van der Waals surface area contributed by atoms with Crippen LogP contribution in [0.2, 0.25) is 0 Å². The number of esters is 1. The van der Waals surface area contributed by atoms with E-state index in [0.29, 0.717) is 0 Å². The van der Waals surface area contributed by atoms with Crippen molar-refractivity contribution in [1.29, 1.82) is 0 Å². The van der Waals surface area contributed by atoms with Gasteiger partial charge in [0.25, 0.3) is 5.69 Å². The third kappa shape index (κ3) is 3.15. The summed E-state index contributed by atoms with van der Waals surface area (Å²) in [5.74, 6) is -0.787. The summed E-state index contributed by atoms with van der Waals surface area (Å²) in [5.41, 5.74) is 5.50. The fourth-order valence-electron chi connectivity index (χ4n) is 1.39. The topological polar surface area (TPSA) is 116 Å². The molecule has 1 rings (SSSR count). The molecule has 0 spiro atoms. The van der Waals surface area contributed by atoms with Crippen LogP contribution in [0, 0.1) is 10.1 Å². The summed E-state index contributed by atoms with van der Waals surface area (Å²) in [6.45, 7) is 0. The maximum absolute atomic E-state index is 11.1. The van der Waals surface area contributed by atoms with Crippen molar-refractivity contribution < 1.29 is 19.6 Å². The minimum atomic E-state index is -1.000. The smallest absolute Gasteiger partial charge is 0.322 e. The number of aromatic hydroxyl groups is 1. The zero-order chi connectivity index (χ0) is 13.0. The molecule has 0 saturated heterocycles. The van der Waals surface area contributed by atoms with Crippen LogP contribution in [-0.2, 0) is 16.0 Å². The molecule has 17 heavy (non-hydrogen) atoms. The molecule has 0 radical (unpaired) electrons. The first-order valence-corrected chi connectivity index (χ1v) is 4.75. The molecule has 0 bridgehead atoms. The van der Waals surface area contributed by atoms with Gasteiger partial charge in [-0.1, -0.05) is 0 Å². The lowest BCUT2D eigenvalue weighted by Gasteiger charge is -2.09. The summed E-state index contributed by atoms with van der Waals surface area (Å²) in [5, 5.41) is 20.0. The summed E-state index contributed by atoms with van der Waals surface area (Å²) in [6, 6.07) is 2.57. The average Bonchev–Trinajstić information content (AvgIpc) is 2.27. The fraction of sp³-hybridized carbons (Fsp3) is 0.300. The van der Waals surface area contributed by atoms with E-state index in [1.165, 1.54) is 19.2 Å². The Morgan fingerprint density at radius 2 is 2.29 bits per heavy atom. The highest BCUT2D eigenvalue weighted by atomic mass is 16.6. The van der Waals surface area contributed by atoms with Gasteiger partial charge in [-0.2, -0.15) is 0 Å². The second-order valence-corrected chi connectivity index (χ2v) is 3.40. The first-order chi connectivity index (χ1) is 7.95. The second kappa shape index (κ2) is 5.26. The van der Waals surface area contributed by atoms with Gasteiger partial charge in [-0.25, -0.2) is 0 Å². The fourth-order valence-corrected chi connectivity index (χ4v) is 1.39. The molecule has 0 heterocycles. The summed E-state index contributed by atoms with van der Waals surface area (Å²) in [6.07, 6.45) is -0.0720. The van der Waals surface area contributed by atoms with Crippen molar-refractivity contribution >= 4 is 11.7 Å². The molecule has 7 heteroatoms. The zero-order valence-electron chi connectivity index (χ0n) is 9.12. The molecule has 1 unspecified atom stereocenters. The van der Waals surface area contributed by atoms with E-state index >= 15 is 0 Å². The Morgan fingerprint density at radius 1 is 1.65 bits per heavy atom. The minimum Gasteiger partial charge on any atom is -0.508 e. The van der Waals surface area contributed by atoms with Crippen molar-refractivity contribution in [2.75, 3.05) is 7.11 Å². The molecule has 0 aliphatic heterocycles. The highest BCUT2D eigenvalue weighted by Gasteiger charge is 2.21. The van der Waals surface area contributed by atoms with Gasteiger partial charge in [-0.15, -0.1) is 0 Å². The molecule has 1 atom stereocenters. The van der Waals surface area contributed by atoms with E-state index in [1.54, 1.807) is 0 Å². The van der Waals surface area contributed by atoms with Crippen LogP contribution in [0.15, 0.2) is 18.2 Å². The highest BCUT2D eigenvalue weighted by molar-refractivity contribution is 5.76. The molecule has 3 N–H and O–H groups in total. The van der Waals surface area contributed by atoms with E-state index in [2.05, 4.69) is 4.74 Å². The third-order valence-electron chi connectivity index (χ3n) is 2.20. The number of phenols is 1. The zero-order valence-corrected chi connectivity index (χ0v) is 9.12. The van der Waals surface area contributed by atoms with Crippen LogP contribution in [0.3, 0.4) is 0 Å². The van der Waals surface area contributed by atoms with Crippen LogP contribution >= 0.6 is 0 Å². The Kier molecular flexibility index (Phi) is 4.00. The average molecular weight is 240 g/mol. The summed E-state index contributed by atoms with van der Waals surface area (Å²) in [4.78, 5) is 21.2. The highest BCUT2D eigenvalue weighted by Crippen LogP contribution is 2.24. The summed E-state index contributed by atoms with van der Waals surface area (Å²) < 4.78 is 4.42. The number of rotatable bonds is 4. The number of hydrogen-bond acceptors (Lipinski definition) is 6. The first kappa shape index (κ1) is 12.9. The number of carbonyl (C=O) groups is 1. The number of nitrogens with zero attached hydrogens (tertiary/aromatic N) is 1. The molecule has 0 aliphatic carbocycles. The Morgan fingerprint density at radius 3 is 2.82 bits per heavy atom. The number of hydrogen-bond donors (Lipinski definition) is 2. The Hall–Kier alpha value is -2.15. The van der Waals surface area contributed by atoms with Crippen LogP contribution < -0.4 is 5.73 Å². The number of benzene rings is 1. The number of phenolic OH excluding ortho intramolecular Hbond substituents is 1. The number of nitro groups is 1. The quantitative estimate of drug-likeness (QED) is 0.445. The third-order valence-corrected chi connectivity index (χ3v) is 2.20. The predicted molar refractivity (Wildman–Crippen MR) is 58.5 cm³/mol. The van der Waals surface area contributed by atoms with Gasteiger partial charge < -0.3 is 15.6 Å². The number of methoxy groups -OCH3 is 1. The molecule has 7 nitrogen and oxygen atoms in total. The van der Waals surface area contributed by atoms with Gasteiger partial charge in [0.15, 0.2) is 0 Å². The van der Waals surface area contributed by atoms with Crippen LogP contribution in [0.1, 0.15) is 5.56 Å². The Balaban J connectivity index is 3.00. The first-order valence-electron chi connectivity index (χ1n) is 4.75. The molecule has 0 aromatic heterocycles. The lowest BCUT2D eigenvalue weighted by Crippen LogP contribution is -2.33. The maximum atomic E-state index is 11.1. The number of nitro benzene ring substituents is 1. The normalized spacial score (nSPS) is 11.9. The monoisotopic (exact) mass is 240 g/mol. The molecular formula is C10H12N2O5. The molecule has 92 valence electrons. The molecule has 0 fully saturated rings. The molecule has 1 aromatic rings. The van der Waals surface area contributed by atoms with Crippen molar-refractivity contribution in [3.8, 4) is 5.75 Å². The lowest BCUT2D eigenvalue weighted by molar-refractivity contribution is -0.385. The summed E-state index contributed by atoms with van der Waals surface area (Å²) in [7, 11) is 1.18. The largest absolute Gasteiger partial charge is 0.508 e. The van der Waals surface area contributed by atoms with Gasteiger partial charge >= 0.3 is 5.97 Å². The van der Waals surface area contributed by atoms with E-state index in [-0.39, 0.29) is 23.4 Å². The molecule has 0 aliphatic rings. The number of carbonyl (C=O) groups excluding carboxylic acids is 1.